The van der Waals surface area contributed by atoms with Gasteiger partial charge >= 0.3 is 6.03 Å². The van der Waals surface area contributed by atoms with Gasteiger partial charge in [0, 0.05) is 20.1 Å². The highest BCUT2D eigenvalue weighted by Gasteiger charge is 2.36. The fourth-order valence-electron chi connectivity index (χ4n) is 4.02. The number of urea groups is 1. The lowest BCUT2D eigenvalue weighted by atomic mass is 10.1. The molecule has 0 spiro atoms. The first kappa shape index (κ1) is 29.7. The summed E-state index contributed by atoms with van der Waals surface area (Å²) in [6, 6.07) is 23.1. The van der Waals surface area contributed by atoms with Crippen LogP contribution in [-0.2, 0) is 22.8 Å². The van der Waals surface area contributed by atoms with Gasteiger partial charge in [-0.1, -0.05) is 75.0 Å². The summed E-state index contributed by atoms with van der Waals surface area (Å²) in [7, 11) is 0. The number of carbonyl (C=O) groups is 3. The molecule has 0 unspecified atom stereocenters. The van der Waals surface area contributed by atoms with Crippen LogP contribution in [0.5, 0.6) is 11.5 Å². The fourth-order valence-corrected chi connectivity index (χ4v) is 4.99. The second-order valence-electron chi connectivity index (χ2n) is 9.08. The molecule has 1 aliphatic heterocycles. The molecule has 1 fully saturated rings. The average molecular weight is 687 g/mol. The quantitative estimate of drug-likeness (QED) is 0.149. The van der Waals surface area contributed by atoms with E-state index in [2.05, 4.69) is 21.2 Å². The highest BCUT2D eigenvalue weighted by Crippen LogP contribution is 2.30. The van der Waals surface area contributed by atoms with Crippen LogP contribution in [0.3, 0.4) is 0 Å². The van der Waals surface area contributed by atoms with Gasteiger partial charge in [0.05, 0.1) is 10.7 Å². The van der Waals surface area contributed by atoms with Gasteiger partial charge < -0.3 is 9.47 Å². The maximum Gasteiger partial charge on any atom is 0.335 e. The predicted octanol–water partition coefficient (Wildman–Crippen LogP) is 8.23. The van der Waals surface area contributed by atoms with Crippen molar-refractivity contribution < 1.29 is 23.9 Å². The minimum Gasteiger partial charge on any atom is -0.489 e. The summed E-state index contributed by atoms with van der Waals surface area (Å²) in [5.41, 5.74) is 2.20. The van der Waals surface area contributed by atoms with E-state index in [4.69, 9.17) is 44.3 Å². The third-order valence-electron chi connectivity index (χ3n) is 6.18. The van der Waals surface area contributed by atoms with Crippen LogP contribution in [0.15, 0.2) is 95.0 Å². The van der Waals surface area contributed by atoms with E-state index in [1.165, 1.54) is 6.08 Å². The van der Waals surface area contributed by atoms with E-state index in [1.807, 2.05) is 24.3 Å². The van der Waals surface area contributed by atoms with Crippen molar-refractivity contribution in [1.29, 1.82) is 0 Å². The largest absolute Gasteiger partial charge is 0.489 e. The molecule has 0 aliphatic carbocycles. The molecule has 7 nitrogen and oxygen atoms in total. The van der Waals surface area contributed by atoms with Gasteiger partial charge in [0.15, 0.2) is 0 Å². The summed E-state index contributed by atoms with van der Waals surface area (Å²) in [5.74, 6) is -0.664. The number of barbiturate groups is 1. The second-order valence-corrected chi connectivity index (χ2v) is 11.2. The van der Waals surface area contributed by atoms with Gasteiger partial charge in [-0.05, 0) is 77.9 Å². The number of imide groups is 2. The maximum atomic E-state index is 13.3. The minimum absolute atomic E-state index is 0.155. The Morgan fingerprint density at radius 1 is 0.786 bits per heavy atom. The molecule has 1 aliphatic rings. The first-order valence-electron chi connectivity index (χ1n) is 12.4. The lowest BCUT2D eigenvalue weighted by Crippen LogP contribution is -2.54. The third-order valence-corrected chi connectivity index (χ3v) is 7.59. The third kappa shape index (κ3) is 6.97. The van der Waals surface area contributed by atoms with E-state index < -0.39 is 17.8 Å². The van der Waals surface area contributed by atoms with E-state index in [-0.39, 0.29) is 22.9 Å². The van der Waals surface area contributed by atoms with Gasteiger partial charge in [0.25, 0.3) is 11.8 Å². The van der Waals surface area contributed by atoms with Crippen LogP contribution < -0.4 is 19.7 Å². The zero-order chi connectivity index (χ0) is 29.8. The molecule has 0 aromatic heterocycles. The van der Waals surface area contributed by atoms with Gasteiger partial charge in [-0.15, -0.1) is 0 Å². The topological polar surface area (TPSA) is 84.9 Å². The summed E-state index contributed by atoms with van der Waals surface area (Å²) in [6.45, 7) is 0.501. The maximum absolute atomic E-state index is 13.3. The van der Waals surface area contributed by atoms with Crippen LogP contribution in [0.4, 0.5) is 10.5 Å². The van der Waals surface area contributed by atoms with Crippen LogP contribution in [0.1, 0.15) is 16.7 Å². The van der Waals surface area contributed by atoms with Crippen molar-refractivity contribution in [3.05, 3.63) is 127 Å². The van der Waals surface area contributed by atoms with Crippen molar-refractivity contribution in [2.45, 2.75) is 13.2 Å². The molecule has 42 heavy (non-hydrogen) atoms. The first-order valence-corrected chi connectivity index (χ1v) is 14.4. The number of hydrogen-bond donors (Lipinski definition) is 1. The van der Waals surface area contributed by atoms with E-state index >= 15 is 0 Å². The zero-order valence-electron chi connectivity index (χ0n) is 21.6. The molecule has 0 bridgehead atoms. The molecule has 0 radical (unpaired) electrons. The van der Waals surface area contributed by atoms with Gasteiger partial charge in [-0.2, -0.15) is 0 Å². The van der Waals surface area contributed by atoms with Crippen LogP contribution >= 0.6 is 50.7 Å². The summed E-state index contributed by atoms with van der Waals surface area (Å²) in [6.07, 6.45) is 1.36. The molecule has 4 aromatic carbocycles. The number of benzene rings is 4. The molecule has 212 valence electrons. The smallest absolute Gasteiger partial charge is 0.335 e. The number of anilines is 1. The number of rotatable bonds is 8. The van der Waals surface area contributed by atoms with E-state index in [1.54, 1.807) is 60.7 Å². The van der Waals surface area contributed by atoms with Crippen molar-refractivity contribution in [2.24, 2.45) is 0 Å². The number of nitrogens with one attached hydrogen (secondary N) is 1. The summed E-state index contributed by atoms with van der Waals surface area (Å²) >= 11 is 21.9. The minimum atomic E-state index is -0.853. The van der Waals surface area contributed by atoms with E-state index in [0.29, 0.717) is 33.7 Å². The van der Waals surface area contributed by atoms with Crippen molar-refractivity contribution >= 4 is 80.3 Å². The monoisotopic (exact) mass is 684 g/mol. The number of carbonyl (C=O) groups excluding carboxylic acids is 3. The van der Waals surface area contributed by atoms with Crippen molar-refractivity contribution in [3.63, 3.8) is 0 Å². The second kappa shape index (κ2) is 13.0. The highest BCUT2D eigenvalue weighted by atomic mass is 79.9. The Balaban J connectivity index is 1.29. The Labute approximate surface area is 264 Å². The van der Waals surface area contributed by atoms with Crippen LogP contribution in [-0.4, -0.2) is 17.8 Å². The Kier molecular flexibility index (Phi) is 9.18. The van der Waals surface area contributed by atoms with Gasteiger partial charge in [-0.25, -0.2) is 9.69 Å². The SMILES string of the molecule is O=C1NC(=O)N(c2ccc(OCc3ccc(Br)cc3)cc2)C(=O)/C1=C/c1ccc(OCc2ccc(Cl)cc2Cl)c(Cl)c1. The molecule has 1 saturated heterocycles. The van der Waals surface area contributed by atoms with E-state index in [9.17, 15) is 14.4 Å². The fraction of sp³-hybridized carbons (Fsp3) is 0.0645. The number of ether oxygens (including phenoxy) is 2. The summed E-state index contributed by atoms with van der Waals surface area (Å²) < 4.78 is 12.6. The van der Waals surface area contributed by atoms with Crippen molar-refractivity contribution in [2.75, 3.05) is 4.90 Å². The molecular weight excluding hydrogens is 667 g/mol. The van der Waals surface area contributed by atoms with Gasteiger partial charge in [0.2, 0.25) is 0 Å². The molecule has 11 heteroatoms. The predicted molar refractivity (Wildman–Crippen MR) is 166 cm³/mol. The summed E-state index contributed by atoms with van der Waals surface area (Å²) in [4.78, 5) is 39.4. The lowest BCUT2D eigenvalue weighted by molar-refractivity contribution is -0.122. The number of nitrogens with zero attached hydrogens (tertiary/aromatic N) is 1. The molecule has 1 heterocycles. The van der Waals surface area contributed by atoms with Crippen LogP contribution in [0.2, 0.25) is 15.1 Å². The molecular formula is C31H20BrCl3N2O5. The molecule has 1 N–H and O–H groups in total. The Hall–Kier alpha value is -3.82. The zero-order valence-corrected chi connectivity index (χ0v) is 25.4. The molecule has 0 atom stereocenters. The van der Waals surface area contributed by atoms with E-state index in [0.717, 1.165) is 20.5 Å². The molecule has 5 rings (SSSR count). The van der Waals surface area contributed by atoms with Gasteiger partial charge in [0.1, 0.15) is 30.3 Å². The molecule has 4 amide bonds. The van der Waals surface area contributed by atoms with Crippen LogP contribution in [0.25, 0.3) is 6.08 Å². The average Bonchev–Trinajstić information content (AvgIpc) is 2.96. The Morgan fingerprint density at radius 3 is 2.21 bits per heavy atom. The molecule has 0 saturated carbocycles. The molecule has 4 aromatic rings. The highest BCUT2D eigenvalue weighted by molar-refractivity contribution is 9.10. The lowest BCUT2D eigenvalue weighted by Gasteiger charge is -2.26. The van der Waals surface area contributed by atoms with Crippen LogP contribution in [0, 0.1) is 0 Å². The number of hydrogen-bond acceptors (Lipinski definition) is 5. The van der Waals surface area contributed by atoms with Crippen molar-refractivity contribution in [3.8, 4) is 11.5 Å². The summed E-state index contributed by atoms with van der Waals surface area (Å²) in [5, 5.41) is 3.44. The Morgan fingerprint density at radius 2 is 1.52 bits per heavy atom. The van der Waals surface area contributed by atoms with Gasteiger partial charge in [-0.3, -0.25) is 14.9 Å². The standard InChI is InChI=1S/C31H20BrCl3N2O5/c32-21-5-1-18(2-6-21)16-41-24-10-8-23(9-11-24)37-30(39)25(29(38)36-31(37)40)13-19-3-12-28(27(35)14-19)42-17-20-4-7-22(33)15-26(20)34/h1-15H,16-17H2,(H,36,38,40)/b25-13+. The Bertz CT molecular complexity index is 1710. The number of halogens is 4. The normalized spacial score (nSPS) is 14.2. The van der Waals surface area contributed by atoms with Crippen molar-refractivity contribution in [1.82, 2.24) is 5.32 Å². The first-order chi connectivity index (χ1) is 20.2. The number of amides is 4.